The molecule has 0 aliphatic carbocycles. The van der Waals surface area contributed by atoms with E-state index in [9.17, 15) is 17.6 Å². The average Bonchev–Trinajstić information content (AvgIpc) is 2.77. The zero-order chi connectivity index (χ0) is 23.0. The Morgan fingerprint density at radius 2 is 1.75 bits per heavy atom. The topological polar surface area (TPSA) is 87.7 Å². The predicted molar refractivity (Wildman–Crippen MR) is 120 cm³/mol. The maximum absolute atomic E-state index is 13.0. The first-order valence-electron chi connectivity index (χ1n) is 10.8. The molecule has 0 spiro atoms. The van der Waals surface area contributed by atoms with Crippen molar-refractivity contribution in [1.82, 2.24) is 14.9 Å². The van der Waals surface area contributed by atoms with E-state index in [1.807, 2.05) is 6.92 Å². The lowest BCUT2D eigenvalue weighted by atomic mass is 10.0. The molecule has 0 atom stereocenters. The number of amides is 1. The number of nitrogens with zero attached hydrogens (tertiary/aromatic N) is 1. The normalized spacial score (nSPS) is 15.4. The second kappa shape index (κ2) is 11.4. The van der Waals surface area contributed by atoms with Crippen molar-refractivity contribution in [3.63, 3.8) is 0 Å². The highest BCUT2D eigenvalue weighted by Crippen LogP contribution is 2.16. The van der Waals surface area contributed by atoms with Crippen LogP contribution < -0.4 is 14.8 Å². The van der Waals surface area contributed by atoms with Gasteiger partial charge in [0.25, 0.3) is 0 Å². The number of halogens is 1. The van der Waals surface area contributed by atoms with Gasteiger partial charge in [0, 0.05) is 38.6 Å². The van der Waals surface area contributed by atoms with E-state index in [-0.39, 0.29) is 35.6 Å². The van der Waals surface area contributed by atoms with Gasteiger partial charge >= 0.3 is 0 Å². The van der Waals surface area contributed by atoms with E-state index < -0.39 is 10.0 Å². The van der Waals surface area contributed by atoms with Gasteiger partial charge in [-0.3, -0.25) is 9.69 Å². The standard InChI is InChI=1S/C23H30FN3O4S/c1-2-31-21-7-9-22(10-8-21)32(29,30)25-14-11-23(28)26-20-12-15-27(16-13-20)17-18-3-5-19(24)6-4-18/h3-10,20,25H,2,11-17H2,1H3,(H,26,28). The van der Waals surface area contributed by atoms with Crippen LogP contribution in [0.25, 0.3) is 0 Å². The minimum absolute atomic E-state index is 0.0325. The van der Waals surface area contributed by atoms with Crippen LogP contribution in [-0.2, 0) is 21.4 Å². The van der Waals surface area contributed by atoms with Crippen molar-refractivity contribution in [3.8, 4) is 5.75 Å². The molecule has 2 N–H and O–H groups in total. The molecule has 174 valence electrons. The van der Waals surface area contributed by atoms with Crippen molar-refractivity contribution in [3.05, 3.63) is 59.9 Å². The number of sulfonamides is 1. The summed E-state index contributed by atoms with van der Waals surface area (Å²) in [4.78, 5) is 14.7. The Bertz CT molecular complexity index is 973. The lowest BCUT2D eigenvalue weighted by Crippen LogP contribution is -2.45. The maximum Gasteiger partial charge on any atom is 0.240 e. The molecule has 3 rings (SSSR count). The Kier molecular flexibility index (Phi) is 8.60. The van der Waals surface area contributed by atoms with Crippen molar-refractivity contribution in [2.75, 3.05) is 26.2 Å². The third kappa shape index (κ3) is 7.29. The summed E-state index contributed by atoms with van der Waals surface area (Å²) >= 11 is 0. The van der Waals surface area contributed by atoms with Crippen molar-refractivity contribution < 1.29 is 22.3 Å². The van der Waals surface area contributed by atoms with Crippen molar-refractivity contribution in [1.29, 1.82) is 0 Å². The second-order valence-corrected chi connectivity index (χ2v) is 9.56. The van der Waals surface area contributed by atoms with Gasteiger partial charge in [-0.2, -0.15) is 0 Å². The lowest BCUT2D eigenvalue weighted by Gasteiger charge is -2.32. The minimum Gasteiger partial charge on any atom is -0.494 e. The molecule has 2 aromatic carbocycles. The first-order valence-corrected chi connectivity index (χ1v) is 12.3. The number of hydrogen-bond donors (Lipinski definition) is 2. The van der Waals surface area contributed by atoms with Gasteiger partial charge in [0.1, 0.15) is 11.6 Å². The van der Waals surface area contributed by atoms with Gasteiger partial charge in [-0.25, -0.2) is 17.5 Å². The van der Waals surface area contributed by atoms with Crippen LogP contribution in [0.15, 0.2) is 53.4 Å². The maximum atomic E-state index is 13.0. The zero-order valence-corrected chi connectivity index (χ0v) is 19.0. The summed E-state index contributed by atoms with van der Waals surface area (Å²) in [6.07, 6.45) is 1.72. The van der Waals surface area contributed by atoms with Crippen LogP contribution in [0.3, 0.4) is 0 Å². The van der Waals surface area contributed by atoms with Crippen LogP contribution >= 0.6 is 0 Å². The van der Waals surface area contributed by atoms with E-state index in [0.717, 1.165) is 38.0 Å². The molecule has 2 aromatic rings. The zero-order valence-electron chi connectivity index (χ0n) is 18.2. The first-order chi connectivity index (χ1) is 15.4. The molecule has 9 heteroatoms. The van der Waals surface area contributed by atoms with Crippen molar-refractivity contribution in [2.45, 2.75) is 43.7 Å². The van der Waals surface area contributed by atoms with Crippen LogP contribution in [0.5, 0.6) is 5.75 Å². The number of ether oxygens (including phenoxy) is 1. The monoisotopic (exact) mass is 463 g/mol. The molecule has 1 aliphatic rings. The third-order valence-electron chi connectivity index (χ3n) is 5.36. The summed E-state index contributed by atoms with van der Waals surface area (Å²) in [7, 11) is -3.68. The van der Waals surface area contributed by atoms with Gasteiger partial charge < -0.3 is 10.1 Å². The van der Waals surface area contributed by atoms with Gasteiger partial charge in [0.2, 0.25) is 15.9 Å². The van der Waals surface area contributed by atoms with Crippen LogP contribution in [-0.4, -0.2) is 51.5 Å². The van der Waals surface area contributed by atoms with Crippen LogP contribution in [0, 0.1) is 5.82 Å². The molecular formula is C23H30FN3O4S. The Balaban J connectivity index is 1.36. The number of likely N-dealkylation sites (tertiary alicyclic amines) is 1. The van der Waals surface area contributed by atoms with Crippen LogP contribution in [0.1, 0.15) is 31.7 Å². The number of rotatable bonds is 10. The SMILES string of the molecule is CCOc1ccc(S(=O)(=O)NCCC(=O)NC2CCN(Cc3ccc(F)cc3)CC2)cc1. The molecule has 7 nitrogen and oxygen atoms in total. The van der Waals surface area contributed by atoms with E-state index in [0.29, 0.717) is 12.4 Å². The average molecular weight is 464 g/mol. The van der Waals surface area contributed by atoms with Crippen LogP contribution in [0.2, 0.25) is 0 Å². The van der Waals surface area contributed by atoms with E-state index in [1.165, 1.54) is 24.3 Å². The van der Waals surface area contributed by atoms with Gasteiger partial charge in [0.05, 0.1) is 11.5 Å². The molecule has 1 fully saturated rings. The fourth-order valence-corrected chi connectivity index (χ4v) is 4.68. The molecule has 0 radical (unpaired) electrons. The summed E-state index contributed by atoms with van der Waals surface area (Å²) in [5.41, 5.74) is 1.06. The highest BCUT2D eigenvalue weighted by Gasteiger charge is 2.21. The number of carbonyl (C=O) groups is 1. The third-order valence-corrected chi connectivity index (χ3v) is 6.84. The molecule has 32 heavy (non-hydrogen) atoms. The van der Waals surface area contributed by atoms with Gasteiger partial charge in [-0.1, -0.05) is 12.1 Å². The number of hydrogen-bond acceptors (Lipinski definition) is 5. The van der Waals surface area contributed by atoms with Gasteiger partial charge in [-0.05, 0) is 61.7 Å². The van der Waals surface area contributed by atoms with E-state index in [2.05, 4.69) is 14.9 Å². The second-order valence-electron chi connectivity index (χ2n) is 7.80. The molecule has 1 heterocycles. The molecule has 1 saturated heterocycles. The number of benzene rings is 2. The van der Waals surface area contributed by atoms with Crippen molar-refractivity contribution in [2.24, 2.45) is 0 Å². The van der Waals surface area contributed by atoms with E-state index in [1.54, 1.807) is 24.3 Å². The fourth-order valence-electron chi connectivity index (χ4n) is 3.65. The largest absolute Gasteiger partial charge is 0.494 e. The fraction of sp³-hybridized carbons (Fsp3) is 0.435. The molecule has 0 unspecified atom stereocenters. The Morgan fingerprint density at radius 1 is 1.09 bits per heavy atom. The molecular weight excluding hydrogens is 433 g/mol. The smallest absolute Gasteiger partial charge is 0.240 e. The summed E-state index contributed by atoms with van der Waals surface area (Å²) in [6.45, 7) is 4.83. The van der Waals surface area contributed by atoms with Gasteiger partial charge in [-0.15, -0.1) is 0 Å². The predicted octanol–water partition coefficient (Wildman–Crippen LogP) is 2.67. The Labute approximate surface area is 189 Å². The molecule has 1 aliphatic heterocycles. The molecule has 0 aromatic heterocycles. The summed E-state index contributed by atoms with van der Waals surface area (Å²) in [6, 6.07) is 12.8. The molecule has 0 bridgehead atoms. The van der Waals surface area contributed by atoms with Crippen LogP contribution in [0.4, 0.5) is 4.39 Å². The quantitative estimate of drug-likeness (QED) is 0.566. The molecule has 1 amide bonds. The van der Waals surface area contributed by atoms with Gasteiger partial charge in [0.15, 0.2) is 0 Å². The highest BCUT2D eigenvalue weighted by atomic mass is 32.2. The first kappa shape index (κ1) is 24.2. The van der Waals surface area contributed by atoms with E-state index >= 15 is 0 Å². The number of carbonyl (C=O) groups excluding carboxylic acids is 1. The number of piperidine rings is 1. The van der Waals surface area contributed by atoms with E-state index in [4.69, 9.17) is 4.74 Å². The summed E-state index contributed by atoms with van der Waals surface area (Å²) < 4.78 is 45.5. The summed E-state index contributed by atoms with van der Waals surface area (Å²) in [5, 5.41) is 2.99. The highest BCUT2D eigenvalue weighted by molar-refractivity contribution is 7.89. The lowest BCUT2D eigenvalue weighted by molar-refractivity contribution is -0.121. The minimum atomic E-state index is -3.68. The van der Waals surface area contributed by atoms with Crippen molar-refractivity contribution >= 4 is 15.9 Å². The molecule has 0 saturated carbocycles. The number of nitrogens with one attached hydrogen (secondary N) is 2. The Hall–Kier alpha value is -2.49. The Morgan fingerprint density at radius 3 is 2.38 bits per heavy atom. The summed E-state index contributed by atoms with van der Waals surface area (Å²) in [5.74, 6) is 0.197.